The van der Waals surface area contributed by atoms with Crippen molar-refractivity contribution in [3.8, 4) is 0 Å². The topological polar surface area (TPSA) is 20.3 Å². The lowest BCUT2D eigenvalue weighted by molar-refractivity contribution is 0.0820. The van der Waals surface area contributed by atoms with E-state index in [9.17, 15) is 4.79 Å². The predicted molar refractivity (Wildman–Crippen MR) is 77.4 cm³/mol. The summed E-state index contributed by atoms with van der Waals surface area (Å²) in [6.07, 6.45) is 2.23. The van der Waals surface area contributed by atoms with Crippen LogP contribution in [0.25, 0.3) is 0 Å². The van der Waals surface area contributed by atoms with E-state index in [1.807, 2.05) is 26.1 Å². The highest BCUT2D eigenvalue weighted by molar-refractivity contribution is 6.31. The Bertz CT molecular complexity index is 405. The third kappa shape index (κ3) is 3.82. The minimum atomic E-state index is -0.120. The van der Waals surface area contributed by atoms with Crippen LogP contribution in [-0.4, -0.2) is 29.8 Å². The zero-order valence-electron chi connectivity index (χ0n) is 11.6. The Morgan fingerprint density at radius 2 is 2.06 bits per heavy atom. The minimum Gasteiger partial charge on any atom is -0.294 e. The van der Waals surface area contributed by atoms with Crippen LogP contribution in [0.4, 0.5) is 0 Å². The van der Waals surface area contributed by atoms with Crippen LogP contribution >= 0.6 is 11.6 Å². The molecule has 2 atom stereocenters. The predicted octanol–water partition coefficient (Wildman–Crippen LogP) is 4.03. The summed E-state index contributed by atoms with van der Waals surface area (Å²) in [6, 6.07) is 7.45. The van der Waals surface area contributed by atoms with Crippen molar-refractivity contribution in [1.29, 1.82) is 0 Å². The molecule has 0 aromatic heterocycles. The molecule has 0 aliphatic carbocycles. The lowest BCUT2D eigenvalue weighted by Crippen LogP contribution is -2.41. The average molecular weight is 268 g/mol. The van der Waals surface area contributed by atoms with Crippen LogP contribution in [0.2, 0.25) is 5.02 Å². The van der Waals surface area contributed by atoms with Crippen molar-refractivity contribution in [1.82, 2.24) is 4.90 Å². The fraction of sp³-hybridized carbons (Fsp3) is 0.533. The molecule has 0 saturated carbocycles. The van der Waals surface area contributed by atoms with Gasteiger partial charge in [-0.05, 0) is 39.4 Å². The summed E-state index contributed by atoms with van der Waals surface area (Å²) < 4.78 is 0. The van der Waals surface area contributed by atoms with Gasteiger partial charge in [-0.1, -0.05) is 37.1 Å². The maximum Gasteiger partial charge on any atom is 0.179 e. The van der Waals surface area contributed by atoms with E-state index in [4.69, 9.17) is 11.6 Å². The van der Waals surface area contributed by atoms with Gasteiger partial charge in [-0.25, -0.2) is 0 Å². The standard InChI is InChI=1S/C15H22ClNO/c1-5-7-11(2)17(4)12(3)15(18)13-8-6-9-14(16)10-13/h6,8-12H,5,7H2,1-4H3. The van der Waals surface area contributed by atoms with Crippen molar-refractivity contribution in [3.05, 3.63) is 34.9 Å². The maximum atomic E-state index is 12.3. The van der Waals surface area contributed by atoms with Gasteiger partial charge < -0.3 is 0 Å². The molecule has 3 heteroatoms. The van der Waals surface area contributed by atoms with E-state index in [0.717, 1.165) is 12.8 Å². The molecule has 2 unspecified atom stereocenters. The van der Waals surface area contributed by atoms with Crippen LogP contribution in [-0.2, 0) is 0 Å². The SMILES string of the molecule is CCCC(C)N(C)C(C)C(=O)c1cccc(Cl)c1. The van der Waals surface area contributed by atoms with Gasteiger partial charge in [-0.15, -0.1) is 0 Å². The number of Topliss-reactive ketones (excluding diaryl/α,β-unsaturated/α-hetero) is 1. The summed E-state index contributed by atoms with van der Waals surface area (Å²) >= 11 is 5.92. The lowest BCUT2D eigenvalue weighted by atomic mass is 10.0. The van der Waals surface area contributed by atoms with E-state index in [1.54, 1.807) is 12.1 Å². The molecule has 0 saturated heterocycles. The van der Waals surface area contributed by atoms with E-state index in [1.165, 1.54) is 0 Å². The molecule has 0 heterocycles. The zero-order valence-corrected chi connectivity index (χ0v) is 12.4. The van der Waals surface area contributed by atoms with Crippen molar-refractivity contribution in [2.24, 2.45) is 0 Å². The molecule has 1 rings (SSSR count). The molecule has 18 heavy (non-hydrogen) atoms. The minimum absolute atomic E-state index is 0.120. The molecule has 0 amide bonds. The number of likely N-dealkylation sites (N-methyl/N-ethyl adjacent to an activating group) is 1. The molecule has 100 valence electrons. The highest BCUT2D eigenvalue weighted by Gasteiger charge is 2.22. The fourth-order valence-electron chi connectivity index (χ4n) is 2.07. The monoisotopic (exact) mass is 267 g/mol. The normalized spacial score (nSPS) is 14.6. The molecular weight excluding hydrogens is 246 g/mol. The average Bonchev–Trinajstić information content (AvgIpc) is 2.36. The summed E-state index contributed by atoms with van der Waals surface area (Å²) in [6.45, 7) is 6.27. The van der Waals surface area contributed by atoms with Crippen LogP contribution in [0.3, 0.4) is 0 Å². The van der Waals surface area contributed by atoms with E-state index in [-0.39, 0.29) is 11.8 Å². The Labute approximate surface area is 115 Å². The second-order valence-electron chi connectivity index (χ2n) is 4.85. The summed E-state index contributed by atoms with van der Waals surface area (Å²) in [5.74, 6) is 0.128. The summed E-state index contributed by atoms with van der Waals surface area (Å²) in [4.78, 5) is 14.5. The van der Waals surface area contributed by atoms with E-state index in [0.29, 0.717) is 16.6 Å². The number of hydrogen-bond donors (Lipinski definition) is 0. The smallest absolute Gasteiger partial charge is 0.179 e. The number of halogens is 1. The number of hydrogen-bond acceptors (Lipinski definition) is 2. The molecular formula is C15H22ClNO. The lowest BCUT2D eigenvalue weighted by Gasteiger charge is -2.29. The highest BCUT2D eigenvalue weighted by atomic mass is 35.5. The Balaban J connectivity index is 2.77. The van der Waals surface area contributed by atoms with Gasteiger partial charge in [0, 0.05) is 16.6 Å². The number of carbonyl (C=O) groups excluding carboxylic acids is 1. The molecule has 0 fully saturated rings. The van der Waals surface area contributed by atoms with Gasteiger partial charge in [0.15, 0.2) is 5.78 Å². The molecule has 0 N–H and O–H groups in total. The Kier molecular flexibility index (Phi) is 5.83. The van der Waals surface area contributed by atoms with Gasteiger partial charge in [0.25, 0.3) is 0 Å². The first-order chi connectivity index (χ1) is 8.47. The van der Waals surface area contributed by atoms with Crippen LogP contribution < -0.4 is 0 Å². The summed E-state index contributed by atoms with van der Waals surface area (Å²) in [7, 11) is 2.01. The second kappa shape index (κ2) is 6.91. The first kappa shape index (κ1) is 15.2. The van der Waals surface area contributed by atoms with Crippen molar-refractivity contribution < 1.29 is 4.79 Å². The maximum absolute atomic E-state index is 12.3. The quantitative estimate of drug-likeness (QED) is 0.726. The molecule has 0 aliphatic rings. The number of nitrogens with zero attached hydrogens (tertiary/aromatic N) is 1. The van der Waals surface area contributed by atoms with Crippen LogP contribution in [0.1, 0.15) is 44.0 Å². The van der Waals surface area contributed by atoms with Gasteiger partial charge in [-0.3, -0.25) is 9.69 Å². The zero-order chi connectivity index (χ0) is 13.7. The van der Waals surface area contributed by atoms with Gasteiger partial charge >= 0.3 is 0 Å². The fourth-order valence-corrected chi connectivity index (χ4v) is 2.26. The van der Waals surface area contributed by atoms with Gasteiger partial charge in [-0.2, -0.15) is 0 Å². The van der Waals surface area contributed by atoms with Crippen molar-refractivity contribution >= 4 is 17.4 Å². The second-order valence-corrected chi connectivity index (χ2v) is 5.29. The molecule has 0 radical (unpaired) electrons. The molecule has 0 spiro atoms. The largest absolute Gasteiger partial charge is 0.294 e. The summed E-state index contributed by atoms with van der Waals surface area (Å²) in [5.41, 5.74) is 0.686. The number of rotatable bonds is 6. The van der Waals surface area contributed by atoms with Crippen molar-refractivity contribution in [2.75, 3.05) is 7.05 Å². The number of benzene rings is 1. The first-order valence-corrected chi connectivity index (χ1v) is 6.86. The first-order valence-electron chi connectivity index (χ1n) is 6.49. The number of carbonyl (C=O) groups is 1. The Hall–Kier alpha value is -0.860. The van der Waals surface area contributed by atoms with Gasteiger partial charge in [0.1, 0.15) is 0 Å². The van der Waals surface area contributed by atoms with Crippen molar-refractivity contribution in [3.63, 3.8) is 0 Å². The highest BCUT2D eigenvalue weighted by Crippen LogP contribution is 2.16. The molecule has 1 aromatic rings. The van der Waals surface area contributed by atoms with Crippen LogP contribution in [0, 0.1) is 0 Å². The number of ketones is 1. The Morgan fingerprint density at radius 3 is 2.61 bits per heavy atom. The third-order valence-electron chi connectivity index (χ3n) is 3.50. The van der Waals surface area contributed by atoms with E-state index >= 15 is 0 Å². The van der Waals surface area contributed by atoms with Gasteiger partial charge in [0.2, 0.25) is 0 Å². The van der Waals surface area contributed by atoms with E-state index in [2.05, 4.69) is 18.7 Å². The molecule has 0 aliphatic heterocycles. The van der Waals surface area contributed by atoms with Crippen molar-refractivity contribution in [2.45, 2.75) is 45.7 Å². The molecule has 2 nitrogen and oxygen atoms in total. The van der Waals surface area contributed by atoms with Crippen LogP contribution in [0.5, 0.6) is 0 Å². The summed E-state index contributed by atoms with van der Waals surface area (Å²) in [5, 5.41) is 0.609. The van der Waals surface area contributed by atoms with Gasteiger partial charge in [0.05, 0.1) is 6.04 Å². The Morgan fingerprint density at radius 1 is 1.39 bits per heavy atom. The molecule has 1 aromatic carbocycles. The molecule has 0 bridgehead atoms. The third-order valence-corrected chi connectivity index (χ3v) is 3.74. The van der Waals surface area contributed by atoms with E-state index < -0.39 is 0 Å². The van der Waals surface area contributed by atoms with Crippen LogP contribution in [0.15, 0.2) is 24.3 Å².